The van der Waals surface area contributed by atoms with E-state index in [1.54, 1.807) is 94.4 Å². The fourth-order valence-electron chi connectivity index (χ4n) is 12.4. The summed E-state index contributed by atoms with van der Waals surface area (Å²) in [6.45, 7) is 18.8. The Kier molecular flexibility index (Phi) is 17.5. The molecule has 81 heavy (non-hydrogen) atoms. The topological polar surface area (TPSA) is 247 Å². The third-order valence-electron chi connectivity index (χ3n) is 17.1. The van der Waals surface area contributed by atoms with Gasteiger partial charge in [0.1, 0.15) is 54.3 Å². The van der Waals surface area contributed by atoms with Crippen molar-refractivity contribution in [3.05, 3.63) is 119 Å². The van der Waals surface area contributed by atoms with Gasteiger partial charge in [0.05, 0.1) is 33.7 Å². The van der Waals surface area contributed by atoms with E-state index in [9.17, 15) is 29.1 Å². The number of carbonyl (C=O) groups excluding carboxylic acids is 7. The van der Waals surface area contributed by atoms with Gasteiger partial charge in [-0.2, -0.15) is 0 Å². The highest BCUT2D eigenvalue weighted by molar-refractivity contribution is 6.73. The number of hydrogen-bond donors (Lipinski definition) is 3. The van der Waals surface area contributed by atoms with Crippen LogP contribution in [0.5, 0.6) is 0 Å². The summed E-state index contributed by atoms with van der Waals surface area (Å²) >= 11 is 0. The quantitative estimate of drug-likeness (QED) is 0.0439. The van der Waals surface area contributed by atoms with Crippen LogP contribution in [-0.2, 0) is 68.1 Å². The van der Waals surface area contributed by atoms with Gasteiger partial charge in [-0.1, -0.05) is 113 Å². The summed E-state index contributed by atoms with van der Waals surface area (Å²) in [6.07, 6.45) is -12.8. The van der Waals surface area contributed by atoms with E-state index in [-0.39, 0.29) is 41.9 Å². The van der Waals surface area contributed by atoms with Crippen LogP contribution in [0, 0.1) is 16.7 Å². The molecule has 1 saturated heterocycles. The number of fused-ring (bicyclic) bond motifs is 5. The number of Topliss-reactive ketones (excluding diaryl/α,β-unsaturated/α-hetero) is 1. The number of ketones is 1. The third kappa shape index (κ3) is 12.4. The van der Waals surface area contributed by atoms with Crippen molar-refractivity contribution in [3.63, 3.8) is 0 Å². The summed E-state index contributed by atoms with van der Waals surface area (Å²) < 4.78 is 82.0. The van der Waals surface area contributed by atoms with Crippen LogP contribution >= 0.6 is 0 Å². The molecule has 19 nitrogen and oxygen atoms in total. The van der Waals surface area contributed by atoms with E-state index in [0.717, 1.165) is 0 Å². The van der Waals surface area contributed by atoms with Gasteiger partial charge in [0.25, 0.3) is 0 Å². The number of hydrogen-bond acceptors (Lipinski definition) is 17. The van der Waals surface area contributed by atoms with E-state index in [1.165, 1.54) is 58.9 Å². The van der Waals surface area contributed by atoms with E-state index in [4.69, 9.17) is 46.4 Å². The van der Waals surface area contributed by atoms with E-state index >= 15 is 9.59 Å². The molecule has 3 aromatic rings. The van der Waals surface area contributed by atoms with Gasteiger partial charge < -0.3 is 58.1 Å². The molecule has 0 aromatic heterocycles. The average Bonchev–Trinajstić information content (AvgIpc) is 0.675. The van der Waals surface area contributed by atoms with Crippen LogP contribution in [0.15, 0.2) is 102 Å². The van der Waals surface area contributed by atoms with Gasteiger partial charge in [-0.3, -0.25) is 9.59 Å². The van der Waals surface area contributed by atoms with Crippen LogP contribution in [-0.4, -0.2) is 128 Å². The Hall–Kier alpha value is -6.45. The van der Waals surface area contributed by atoms with Crippen LogP contribution in [0.3, 0.4) is 0 Å². The van der Waals surface area contributed by atoms with Crippen LogP contribution < -0.4 is 10.6 Å². The molecule has 0 radical (unpaired) electrons. The number of benzene rings is 3. The normalized spacial score (nSPS) is 28.6. The second kappa shape index (κ2) is 24.6. The zero-order valence-corrected chi connectivity index (χ0v) is 49.3. The standard InChI is InChI=1S/C61H80N2O17Si/c1-14-81(15-2,16-3)80-43-32-44-60(35-74-44,78-38(6)64)49-51(77-53(67)41-30-24-19-25-31-41)61(71)33-42(36(4)45(58(61,10)11)47(72-13)50(65)59(43,49)12)75-54(68)48(46(40-28-22-18-23-29-40)63-56(70)79-57(7,8)9)76-52(66)37(5)62-55(69)73-34-39-26-20-17-21-27-39/h17-31,37,42-44,46-49,51,71H,14-16,32-35H2,1-13H3,(H,62,69)(H,63,70)/t37?,42-,43-,44+,46-,47+,48+,49-,51-,59+,60-,61+/m0/s1/i13D3. The number of aliphatic hydroxyl groups is 1. The van der Waals surface area contributed by atoms with Crippen molar-refractivity contribution in [2.75, 3.05) is 13.6 Å². The Bertz CT molecular complexity index is 2930. The maximum absolute atomic E-state index is 16.7. The second-order valence-corrected chi connectivity index (χ2v) is 28.1. The highest BCUT2D eigenvalue weighted by Crippen LogP contribution is 2.65. The molecule has 7 rings (SSSR count). The first-order chi connectivity index (χ1) is 39.3. The zero-order chi connectivity index (χ0) is 62.0. The van der Waals surface area contributed by atoms with Gasteiger partial charge in [0.15, 0.2) is 19.7 Å². The molecule has 0 spiro atoms. The molecule has 4 aliphatic rings. The molecule has 20 heteroatoms. The Balaban J connectivity index is 1.44. The number of esters is 4. The van der Waals surface area contributed by atoms with Crippen molar-refractivity contribution in [3.8, 4) is 0 Å². The maximum atomic E-state index is 16.7. The SMILES string of the molecule is [2H]C([2H])([2H])O[C@H]1C(=O)[C@]2(C)[C@@H](O[Si](CC)(CC)CC)C[C@H]3OC[C@@]3(OC(C)=O)[C@H]2[C@H](OC(=O)c2ccccc2)[C@]2(O)C[C@H](OC(=O)[C@H](OC(=O)C(C)NC(=O)OCc3ccccc3)[C@@H](NC(=O)OC(C)(C)C)c3ccccc3)C(C)=C1C2(C)C. The van der Waals surface area contributed by atoms with Gasteiger partial charge in [-0.15, -0.1) is 0 Å². The van der Waals surface area contributed by atoms with E-state index in [1.807, 2.05) is 20.8 Å². The highest BCUT2D eigenvalue weighted by atomic mass is 28.4. The van der Waals surface area contributed by atoms with Gasteiger partial charge in [-0.25, -0.2) is 24.0 Å². The Morgan fingerprint density at radius 2 is 1.46 bits per heavy atom. The van der Waals surface area contributed by atoms with Crippen molar-refractivity contribution >= 4 is 50.2 Å². The molecule has 3 N–H and O–H groups in total. The molecule has 1 aliphatic heterocycles. The van der Waals surface area contributed by atoms with Crippen molar-refractivity contribution < 1.29 is 85.1 Å². The Morgan fingerprint density at radius 1 is 0.852 bits per heavy atom. The molecule has 2 amide bonds. The molecule has 1 heterocycles. The molecule has 3 fully saturated rings. The molecule has 3 aliphatic carbocycles. The average molecular weight is 1140 g/mol. The molecule has 3 aromatic carbocycles. The lowest BCUT2D eigenvalue weighted by Gasteiger charge is -2.68. The fraction of sp³-hybridized carbons (Fsp3) is 0.557. The van der Waals surface area contributed by atoms with Gasteiger partial charge in [0, 0.05) is 32.2 Å². The first kappa shape index (κ1) is 57.8. The summed E-state index contributed by atoms with van der Waals surface area (Å²) in [5.74, 6) is -6.80. The molecule has 2 bridgehead atoms. The molecular formula is C61H80N2O17Si. The fourth-order valence-corrected chi connectivity index (χ4v) is 15.4. The van der Waals surface area contributed by atoms with E-state index in [0.29, 0.717) is 23.7 Å². The number of nitrogens with one attached hydrogen (secondary N) is 2. The summed E-state index contributed by atoms with van der Waals surface area (Å²) in [5, 5.41) is 19.5. The third-order valence-corrected chi connectivity index (χ3v) is 21.7. The summed E-state index contributed by atoms with van der Waals surface area (Å²) in [4.78, 5) is 102. The largest absolute Gasteiger partial charge is 0.455 e. The molecule has 2 saturated carbocycles. The predicted molar refractivity (Wildman–Crippen MR) is 298 cm³/mol. The molecular weight excluding hydrogens is 1060 g/mol. The summed E-state index contributed by atoms with van der Waals surface area (Å²) in [7, 11) is -6.10. The van der Waals surface area contributed by atoms with Crippen LogP contribution in [0.1, 0.15) is 128 Å². The first-order valence-corrected chi connectivity index (χ1v) is 30.2. The second-order valence-electron chi connectivity index (χ2n) is 23.3. The number of methoxy groups -OCH3 is 1. The Morgan fingerprint density at radius 3 is 2.01 bits per heavy atom. The highest BCUT2D eigenvalue weighted by Gasteiger charge is 2.78. The number of alkyl carbamates (subject to hydrolysis) is 2. The van der Waals surface area contributed by atoms with Crippen LogP contribution in [0.25, 0.3) is 0 Å². The zero-order valence-electron chi connectivity index (χ0n) is 51.3. The van der Waals surface area contributed by atoms with Crippen molar-refractivity contribution in [1.82, 2.24) is 10.6 Å². The number of rotatable bonds is 19. The molecule has 12 atom stereocenters. The minimum atomic E-state index is -3.32. The van der Waals surface area contributed by atoms with Crippen LogP contribution in [0.4, 0.5) is 9.59 Å². The monoisotopic (exact) mass is 1140 g/mol. The number of carbonyl (C=O) groups is 7. The lowest BCUT2D eigenvalue weighted by Crippen LogP contribution is -2.82. The van der Waals surface area contributed by atoms with Crippen molar-refractivity contribution in [2.45, 2.75) is 186 Å². The lowest BCUT2D eigenvalue weighted by atomic mass is 9.44. The number of ether oxygens (including phenoxy) is 8. The molecule has 1 unspecified atom stereocenters. The predicted octanol–water partition coefficient (Wildman–Crippen LogP) is 8.81. The molecule has 440 valence electrons. The maximum Gasteiger partial charge on any atom is 0.408 e. The lowest BCUT2D eigenvalue weighted by molar-refractivity contribution is -0.344. The smallest absolute Gasteiger partial charge is 0.408 e. The van der Waals surface area contributed by atoms with E-state index < -0.39 is 146 Å². The van der Waals surface area contributed by atoms with E-state index in [2.05, 4.69) is 10.6 Å². The van der Waals surface area contributed by atoms with Gasteiger partial charge in [0.2, 0.25) is 6.10 Å². The summed E-state index contributed by atoms with van der Waals surface area (Å²) in [6, 6.07) is 23.2. The number of amides is 2. The van der Waals surface area contributed by atoms with Crippen molar-refractivity contribution in [1.29, 1.82) is 0 Å². The van der Waals surface area contributed by atoms with Gasteiger partial charge in [-0.05, 0) is 94.1 Å². The first-order valence-electron chi connectivity index (χ1n) is 29.1. The minimum absolute atomic E-state index is 0.0284. The summed E-state index contributed by atoms with van der Waals surface area (Å²) in [5.41, 5.74) is -8.62. The van der Waals surface area contributed by atoms with Gasteiger partial charge >= 0.3 is 36.1 Å². The van der Waals surface area contributed by atoms with Crippen LogP contribution in [0.2, 0.25) is 18.1 Å². The minimum Gasteiger partial charge on any atom is -0.455 e. The van der Waals surface area contributed by atoms with Crippen molar-refractivity contribution in [2.24, 2.45) is 16.7 Å². The Labute approximate surface area is 479 Å².